The molecule has 0 spiro atoms. The quantitative estimate of drug-likeness (QED) is 0.0197. The van der Waals surface area contributed by atoms with Crippen LogP contribution in [0, 0.1) is 29.1 Å². The molecule has 24 nitrogen and oxygen atoms in total. The smallest absolute Gasteiger partial charge is 0.410 e. The Bertz CT molecular complexity index is 3980. The number of aliphatic carboxylic acids is 1. The molecule has 3 aromatic carbocycles. The van der Waals surface area contributed by atoms with Crippen molar-refractivity contribution in [1.29, 1.82) is 0 Å². The van der Waals surface area contributed by atoms with Crippen LogP contribution in [0.15, 0.2) is 97.2 Å². The van der Waals surface area contributed by atoms with Gasteiger partial charge in [-0.1, -0.05) is 81.9 Å². The summed E-state index contributed by atoms with van der Waals surface area (Å²) in [5.41, 5.74) is 5.17. The molecule has 96 heavy (non-hydrogen) atoms. The van der Waals surface area contributed by atoms with Crippen molar-refractivity contribution in [2.75, 3.05) is 48.3 Å². The van der Waals surface area contributed by atoms with Gasteiger partial charge < -0.3 is 45.4 Å². The Labute approximate surface area is 560 Å². The number of rotatable bonds is 28. The number of hydrogen-bond donors (Lipinski definition) is 6. The third-order valence-corrected chi connectivity index (χ3v) is 20.3. The number of nitrogens with zero attached hydrogens (tertiary/aromatic N) is 7. The lowest BCUT2D eigenvalue weighted by molar-refractivity contribution is -0.248. The molecule has 4 fully saturated rings. The topological polar surface area (TPSA) is 314 Å². The Morgan fingerprint density at radius 2 is 1.50 bits per heavy atom. The molecule has 0 saturated heterocycles. The number of carboxylic acids is 2. The van der Waals surface area contributed by atoms with E-state index in [-0.39, 0.29) is 97.2 Å². The number of amides is 7. The van der Waals surface area contributed by atoms with Gasteiger partial charge in [0.1, 0.15) is 24.5 Å². The molecule has 3 aromatic heterocycles. The normalized spacial score (nSPS) is 21.4. The van der Waals surface area contributed by atoms with Crippen LogP contribution in [0.25, 0.3) is 21.3 Å². The first-order chi connectivity index (χ1) is 45.8. The Balaban J connectivity index is 0.676. The summed E-state index contributed by atoms with van der Waals surface area (Å²) in [5, 5.41) is 37.1. The molecule has 4 bridgehead atoms. The van der Waals surface area contributed by atoms with E-state index in [0.29, 0.717) is 84.2 Å². The molecule has 4 atom stereocenters. The molecule has 25 heteroatoms. The first kappa shape index (κ1) is 68.0. The van der Waals surface area contributed by atoms with Crippen LogP contribution in [0.3, 0.4) is 0 Å². The van der Waals surface area contributed by atoms with Gasteiger partial charge in [-0.25, -0.2) is 19.6 Å². The number of imide groups is 1. The monoisotopic (exact) mass is 1330 g/mol. The Morgan fingerprint density at radius 1 is 0.760 bits per heavy atom. The molecule has 506 valence electrons. The zero-order chi connectivity index (χ0) is 68.3. The third-order valence-electron chi connectivity index (χ3n) is 19.4. The SMILES string of the molecule is Cc1c(-c2ccc(N3CCc4cccc(C(=O)Nc5nc6ccccc6s5)c4C3)nc2C(=O)O)cnn1CC12CC3(C)CC(C)(C1)CC(OCCN(CCC(=O)O)C(=O)OCc1ccc(NC(=O)[C@H](C)NC(=O)[C@@H](NC(=O)CCCCCN4C(=O)C=CC4=O)C(C)C)cc1)(C3)C2. The van der Waals surface area contributed by atoms with Crippen molar-refractivity contribution in [3.63, 3.8) is 0 Å². The average molecular weight is 1330 g/mol. The Morgan fingerprint density at radius 3 is 2.21 bits per heavy atom. The van der Waals surface area contributed by atoms with E-state index in [4.69, 9.17) is 19.6 Å². The second-order valence-electron chi connectivity index (χ2n) is 27.8. The molecular formula is C71H83N11O13S. The van der Waals surface area contributed by atoms with Crippen molar-refractivity contribution in [1.82, 2.24) is 40.2 Å². The van der Waals surface area contributed by atoms with Crippen LogP contribution in [0.4, 0.5) is 21.4 Å². The Hall–Kier alpha value is -9.36. The zero-order valence-corrected chi connectivity index (χ0v) is 55.9. The molecule has 5 heterocycles. The summed E-state index contributed by atoms with van der Waals surface area (Å²) in [6.45, 7) is 13.4. The number of para-hydroxylation sites is 1. The maximum Gasteiger partial charge on any atom is 0.410 e. The highest BCUT2D eigenvalue weighted by Gasteiger charge is 2.66. The van der Waals surface area contributed by atoms with Gasteiger partial charge in [0.15, 0.2) is 10.8 Å². The molecule has 4 aliphatic carbocycles. The molecule has 6 aromatic rings. The van der Waals surface area contributed by atoms with Gasteiger partial charge in [-0.2, -0.15) is 5.10 Å². The molecule has 0 radical (unpaired) electrons. The molecule has 2 aliphatic heterocycles. The summed E-state index contributed by atoms with van der Waals surface area (Å²) in [6, 6.07) is 21.8. The van der Waals surface area contributed by atoms with Crippen molar-refractivity contribution in [3.05, 3.63) is 131 Å². The second kappa shape index (κ2) is 28.1. The van der Waals surface area contributed by atoms with Crippen molar-refractivity contribution in [2.45, 2.75) is 156 Å². The summed E-state index contributed by atoms with van der Waals surface area (Å²) < 4.78 is 15.7. The molecule has 2 unspecified atom stereocenters. The van der Waals surface area contributed by atoms with Crippen LogP contribution in [-0.4, -0.2) is 144 Å². The maximum absolute atomic E-state index is 13.8. The molecule has 6 N–H and O–H groups in total. The number of thiazole rings is 1. The van der Waals surface area contributed by atoms with E-state index in [2.05, 4.69) is 40.1 Å². The van der Waals surface area contributed by atoms with Crippen LogP contribution in [-0.2, 0) is 64.4 Å². The standard InChI is InChI=1S/C71H83N11O13S/c1-43(2)60(77-56(83)17-8-7-11-28-81-57(84)24-25-58(81)85)64(90)73-44(3)62(88)74-48-20-18-46(19-21-48)35-94-67(93)79(30-27-59(86)87)31-32-95-71-39-68(5)36-69(6,40-71)38-70(37-68,41-71)42-82-45(4)51(33-72-82)49-22-23-55(76-61(49)65(91)92)80-29-26-47-13-12-14-50(52(47)34-80)63(89)78-66-75-53-15-9-10-16-54(53)96-66/h9-10,12-16,18-25,33,43-44,60H,7-8,11,17,26-32,34-42H2,1-6H3,(H,73,90)(H,74,88)(H,77,83)(H,86,87)(H,91,92)(H,75,78,89)/t44-,60-,68?,69?,70?,71?/m0/s1. The summed E-state index contributed by atoms with van der Waals surface area (Å²) in [6.07, 6.45) is 10.9. The number of anilines is 3. The van der Waals surface area contributed by atoms with E-state index in [9.17, 15) is 53.4 Å². The number of carbonyl (C=O) groups excluding carboxylic acids is 7. The van der Waals surface area contributed by atoms with E-state index in [1.54, 1.807) is 56.4 Å². The van der Waals surface area contributed by atoms with Gasteiger partial charge in [-0.05, 0) is 153 Å². The largest absolute Gasteiger partial charge is 0.481 e. The van der Waals surface area contributed by atoms with Gasteiger partial charge in [-0.15, -0.1) is 0 Å². The lowest BCUT2D eigenvalue weighted by Crippen LogP contribution is -2.64. The first-order valence-corrected chi connectivity index (χ1v) is 33.7. The number of aromatic carboxylic acids is 1. The predicted molar refractivity (Wildman–Crippen MR) is 359 cm³/mol. The van der Waals surface area contributed by atoms with E-state index < -0.39 is 47.5 Å². The van der Waals surface area contributed by atoms with Gasteiger partial charge in [-0.3, -0.25) is 48.5 Å². The van der Waals surface area contributed by atoms with Gasteiger partial charge in [0, 0.05) is 85.9 Å². The van der Waals surface area contributed by atoms with Gasteiger partial charge >= 0.3 is 18.0 Å². The number of aromatic nitrogens is 4. The van der Waals surface area contributed by atoms with Crippen LogP contribution >= 0.6 is 11.3 Å². The predicted octanol–water partition coefficient (Wildman–Crippen LogP) is 9.70. The fourth-order valence-electron chi connectivity index (χ4n) is 16.0. The number of carbonyl (C=O) groups is 9. The molecule has 4 saturated carbocycles. The Kier molecular flexibility index (Phi) is 19.9. The van der Waals surface area contributed by atoms with Crippen LogP contribution in [0.5, 0.6) is 0 Å². The average Bonchev–Trinajstić information content (AvgIpc) is 0.921. The molecule has 7 amide bonds. The lowest BCUT2D eigenvalue weighted by Gasteiger charge is -2.69. The summed E-state index contributed by atoms with van der Waals surface area (Å²) in [7, 11) is 0. The minimum Gasteiger partial charge on any atom is -0.481 e. The van der Waals surface area contributed by atoms with Gasteiger partial charge in [0.25, 0.3) is 17.7 Å². The number of ether oxygens (including phenoxy) is 2. The fraction of sp³-hybridized carbons (Fsp3) is 0.465. The second-order valence-corrected chi connectivity index (χ2v) is 28.8. The number of carboxylic acid groups (broad SMARTS) is 2. The van der Waals surface area contributed by atoms with Crippen molar-refractivity contribution < 1.29 is 62.8 Å². The van der Waals surface area contributed by atoms with Gasteiger partial charge in [0.2, 0.25) is 17.7 Å². The minimum atomic E-state index is -1.17. The summed E-state index contributed by atoms with van der Waals surface area (Å²) in [5.74, 6) is -4.40. The van der Waals surface area contributed by atoms with Crippen LogP contribution in [0.2, 0.25) is 0 Å². The first-order valence-electron chi connectivity index (χ1n) is 32.9. The highest BCUT2D eigenvalue weighted by molar-refractivity contribution is 7.22. The number of unbranched alkanes of at least 4 members (excludes halogenated alkanes) is 2. The number of pyridine rings is 1. The fourth-order valence-corrected chi connectivity index (χ4v) is 16.9. The van der Waals surface area contributed by atoms with Crippen molar-refractivity contribution in [3.8, 4) is 11.1 Å². The molecule has 12 rings (SSSR count). The highest BCUT2D eigenvalue weighted by atomic mass is 32.1. The third kappa shape index (κ3) is 15.5. The molecular weight excluding hydrogens is 1250 g/mol. The lowest BCUT2D eigenvalue weighted by atomic mass is 9.39. The van der Waals surface area contributed by atoms with Crippen molar-refractivity contribution in [2.24, 2.45) is 22.2 Å². The summed E-state index contributed by atoms with van der Waals surface area (Å²) in [4.78, 5) is 129. The van der Waals surface area contributed by atoms with E-state index in [1.807, 2.05) is 59.0 Å². The number of hydrogen-bond acceptors (Lipinski definition) is 16. The van der Waals surface area contributed by atoms with E-state index in [0.717, 1.165) is 70.5 Å². The maximum atomic E-state index is 13.8. The van der Waals surface area contributed by atoms with Crippen LogP contribution < -0.4 is 26.2 Å². The van der Waals surface area contributed by atoms with Gasteiger partial charge in [0.05, 0.1) is 35.0 Å². The van der Waals surface area contributed by atoms with E-state index in [1.165, 1.54) is 35.3 Å². The van der Waals surface area contributed by atoms with Crippen molar-refractivity contribution >= 4 is 91.7 Å². The highest BCUT2D eigenvalue weighted by Crippen LogP contribution is 2.72. The zero-order valence-electron chi connectivity index (χ0n) is 55.0. The molecule has 6 aliphatic rings. The summed E-state index contributed by atoms with van der Waals surface area (Å²) >= 11 is 1.41. The number of benzene rings is 3. The number of fused-ring (bicyclic) bond motifs is 2. The minimum absolute atomic E-state index is 0.0589. The van der Waals surface area contributed by atoms with E-state index >= 15 is 0 Å². The number of nitrogens with one attached hydrogen (secondary N) is 4. The van der Waals surface area contributed by atoms with Crippen LogP contribution in [0.1, 0.15) is 148 Å².